The lowest BCUT2D eigenvalue weighted by atomic mass is 10.2. The highest BCUT2D eigenvalue weighted by Crippen LogP contribution is 2.37. The number of nitrogens with zero attached hydrogens (tertiary/aromatic N) is 2. The van der Waals surface area contributed by atoms with Gasteiger partial charge in [-0.2, -0.15) is 0 Å². The van der Waals surface area contributed by atoms with Crippen molar-refractivity contribution in [2.45, 2.75) is 24.9 Å². The standard InChI is InChI=1S/C17H21N3/c1-20(16-8-5-11-18-13-16)14-17(9-10-17)19-12-15-6-3-2-4-7-15/h2-8,11,13,19H,9-10,12,14H2,1H3. The van der Waals surface area contributed by atoms with E-state index in [1.807, 2.05) is 18.5 Å². The Kier molecular flexibility index (Phi) is 3.70. The molecule has 3 rings (SSSR count). The van der Waals surface area contributed by atoms with E-state index in [1.54, 1.807) is 0 Å². The Balaban J connectivity index is 1.57. The molecule has 3 heteroatoms. The smallest absolute Gasteiger partial charge is 0.0550 e. The molecule has 0 aliphatic heterocycles. The average molecular weight is 267 g/mol. The number of hydrogen-bond acceptors (Lipinski definition) is 3. The van der Waals surface area contributed by atoms with Crippen molar-refractivity contribution in [1.82, 2.24) is 10.3 Å². The van der Waals surface area contributed by atoms with Crippen LogP contribution in [0.2, 0.25) is 0 Å². The van der Waals surface area contributed by atoms with Gasteiger partial charge in [-0.1, -0.05) is 30.3 Å². The van der Waals surface area contributed by atoms with Crippen LogP contribution in [-0.2, 0) is 6.54 Å². The summed E-state index contributed by atoms with van der Waals surface area (Å²) in [5.41, 5.74) is 2.81. The van der Waals surface area contributed by atoms with Crippen LogP contribution in [0.25, 0.3) is 0 Å². The highest BCUT2D eigenvalue weighted by Gasteiger charge is 2.42. The lowest BCUT2D eigenvalue weighted by molar-refractivity contribution is 0.496. The highest BCUT2D eigenvalue weighted by atomic mass is 15.2. The zero-order valence-corrected chi connectivity index (χ0v) is 11.9. The van der Waals surface area contributed by atoms with Crippen LogP contribution in [0.3, 0.4) is 0 Å². The summed E-state index contributed by atoms with van der Waals surface area (Å²) < 4.78 is 0. The molecule has 0 saturated heterocycles. The van der Waals surface area contributed by atoms with Crippen molar-refractivity contribution in [3.05, 3.63) is 60.4 Å². The molecule has 1 aliphatic rings. The van der Waals surface area contributed by atoms with E-state index in [0.29, 0.717) is 0 Å². The van der Waals surface area contributed by atoms with Gasteiger partial charge in [-0.15, -0.1) is 0 Å². The van der Waals surface area contributed by atoms with Gasteiger partial charge in [0.1, 0.15) is 0 Å². The number of benzene rings is 1. The van der Waals surface area contributed by atoms with Crippen molar-refractivity contribution >= 4 is 5.69 Å². The maximum Gasteiger partial charge on any atom is 0.0550 e. The van der Waals surface area contributed by atoms with Gasteiger partial charge in [0.25, 0.3) is 0 Å². The van der Waals surface area contributed by atoms with Gasteiger partial charge in [0, 0.05) is 31.9 Å². The summed E-state index contributed by atoms with van der Waals surface area (Å²) in [5, 5.41) is 3.72. The molecule has 0 bridgehead atoms. The van der Waals surface area contributed by atoms with Gasteiger partial charge < -0.3 is 10.2 Å². The molecule has 0 radical (unpaired) electrons. The molecule has 1 aromatic heterocycles. The third-order valence-corrected chi connectivity index (χ3v) is 3.99. The molecular formula is C17H21N3. The van der Waals surface area contributed by atoms with Crippen molar-refractivity contribution in [2.24, 2.45) is 0 Å². The molecule has 0 spiro atoms. The first-order valence-electron chi connectivity index (χ1n) is 7.18. The summed E-state index contributed by atoms with van der Waals surface area (Å²) in [5.74, 6) is 0. The normalized spacial score (nSPS) is 15.8. The molecule has 1 heterocycles. The number of hydrogen-bond donors (Lipinski definition) is 1. The first-order valence-corrected chi connectivity index (χ1v) is 7.18. The van der Waals surface area contributed by atoms with Gasteiger partial charge in [0.15, 0.2) is 0 Å². The van der Waals surface area contributed by atoms with Crippen molar-refractivity contribution in [3.63, 3.8) is 0 Å². The second-order valence-electron chi connectivity index (χ2n) is 5.69. The van der Waals surface area contributed by atoms with E-state index in [4.69, 9.17) is 0 Å². The summed E-state index contributed by atoms with van der Waals surface area (Å²) >= 11 is 0. The maximum absolute atomic E-state index is 4.19. The predicted molar refractivity (Wildman–Crippen MR) is 82.8 cm³/mol. The van der Waals surface area contributed by atoms with Crippen LogP contribution >= 0.6 is 0 Å². The third kappa shape index (κ3) is 3.17. The van der Waals surface area contributed by atoms with Crippen LogP contribution < -0.4 is 10.2 Å². The van der Waals surface area contributed by atoms with Gasteiger partial charge in [0.05, 0.1) is 11.9 Å². The topological polar surface area (TPSA) is 28.2 Å². The number of rotatable bonds is 6. The van der Waals surface area contributed by atoms with E-state index in [9.17, 15) is 0 Å². The molecule has 104 valence electrons. The summed E-state index contributed by atoms with van der Waals surface area (Å²) in [6.07, 6.45) is 6.25. The molecule has 0 unspecified atom stereocenters. The second-order valence-corrected chi connectivity index (χ2v) is 5.69. The minimum absolute atomic E-state index is 0.278. The fourth-order valence-corrected chi connectivity index (χ4v) is 2.55. The minimum Gasteiger partial charge on any atom is -0.372 e. The molecule has 1 aromatic carbocycles. The third-order valence-electron chi connectivity index (χ3n) is 3.99. The van der Waals surface area contributed by atoms with Crippen LogP contribution in [0.5, 0.6) is 0 Å². The van der Waals surface area contributed by atoms with Crippen LogP contribution in [0.15, 0.2) is 54.9 Å². The zero-order chi connectivity index (χ0) is 13.8. The van der Waals surface area contributed by atoms with Crippen LogP contribution in [0.1, 0.15) is 18.4 Å². The number of aromatic nitrogens is 1. The quantitative estimate of drug-likeness (QED) is 0.872. The summed E-state index contributed by atoms with van der Waals surface area (Å²) in [4.78, 5) is 6.48. The van der Waals surface area contributed by atoms with Crippen molar-refractivity contribution in [2.75, 3.05) is 18.5 Å². The molecular weight excluding hydrogens is 246 g/mol. The van der Waals surface area contributed by atoms with E-state index < -0.39 is 0 Å². The van der Waals surface area contributed by atoms with E-state index in [-0.39, 0.29) is 5.54 Å². The summed E-state index contributed by atoms with van der Waals surface area (Å²) in [7, 11) is 2.14. The van der Waals surface area contributed by atoms with Crippen molar-refractivity contribution in [3.8, 4) is 0 Å². The lowest BCUT2D eigenvalue weighted by Gasteiger charge is -2.26. The molecule has 1 aliphatic carbocycles. The predicted octanol–water partition coefficient (Wildman–Crippen LogP) is 2.84. The van der Waals surface area contributed by atoms with Gasteiger partial charge in [-0.3, -0.25) is 4.98 Å². The Hall–Kier alpha value is -1.87. The molecule has 0 atom stereocenters. The maximum atomic E-state index is 4.19. The largest absolute Gasteiger partial charge is 0.372 e. The molecule has 1 fully saturated rings. The first-order chi connectivity index (χ1) is 9.77. The van der Waals surface area contributed by atoms with Crippen LogP contribution in [-0.4, -0.2) is 24.1 Å². The monoisotopic (exact) mass is 267 g/mol. The first kappa shape index (κ1) is 13.1. The molecule has 20 heavy (non-hydrogen) atoms. The van der Waals surface area contributed by atoms with E-state index in [1.165, 1.54) is 24.1 Å². The van der Waals surface area contributed by atoms with E-state index in [2.05, 4.69) is 58.6 Å². The Labute approximate surface area is 120 Å². The lowest BCUT2D eigenvalue weighted by Crippen LogP contribution is -2.41. The van der Waals surface area contributed by atoms with Crippen molar-refractivity contribution in [1.29, 1.82) is 0 Å². The van der Waals surface area contributed by atoms with Gasteiger partial charge >= 0.3 is 0 Å². The second kappa shape index (κ2) is 5.63. The van der Waals surface area contributed by atoms with Gasteiger partial charge in [-0.05, 0) is 30.5 Å². The molecule has 1 N–H and O–H groups in total. The molecule has 2 aromatic rings. The Bertz CT molecular complexity index is 535. The van der Waals surface area contributed by atoms with Gasteiger partial charge in [-0.25, -0.2) is 0 Å². The average Bonchev–Trinajstić information content (AvgIpc) is 3.27. The van der Waals surface area contributed by atoms with Gasteiger partial charge in [0.2, 0.25) is 0 Å². The number of nitrogens with one attached hydrogen (secondary N) is 1. The van der Waals surface area contributed by atoms with E-state index >= 15 is 0 Å². The number of likely N-dealkylation sites (N-methyl/N-ethyl adjacent to an activating group) is 1. The van der Waals surface area contributed by atoms with Crippen LogP contribution in [0.4, 0.5) is 5.69 Å². The molecule has 0 amide bonds. The fraction of sp³-hybridized carbons (Fsp3) is 0.353. The number of pyridine rings is 1. The van der Waals surface area contributed by atoms with Crippen LogP contribution in [0, 0.1) is 0 Å². The van der Waals surface area contributed by atoms with E-state index in [0.717, 1.165) is 13.1 Å². The zero-order valence-electron chi connectivity index (χ0n) is 11.9. The Morgan fingerprint density at radius 1 is 1.15 bits per heavy atom. The number of anilines is 1. The highest BCUT2D eigenvalue weighted by molar-refractivity contribution is 5.43. The summed E-state index contributed by atoms with van der Waals surface area (Å²) in [6.45, 7) is 1.98. The fourth-order valence-electron chi connectivity index (χ4n) is 2.55. The summed E-state index contributed by atoms with van der Waals surface area (Å²) in [6, 6.07) is 14.7. The Morgan fingerprint density at radius 3 is 2.60 bits per heavy atom. The SMILES string of the molecule is CN(CC1(NCc2ccccc2)CC1)c1cccnc1. The molecule has 1 saturated carbocycles. The minimum atomic E-state index is 0.278. The molecule has 3 nitrogen and oxygen atoms in total. The van der Waals surface area contributed by atoms with Crippen molar-refractivity contribution < 1.29 is 0 Å². The Morgan fingerprint density at radius 2 is 1.95 bits per heavy atom.